The Hall–Kier alpha value is -1.19. The van der Waals surface area contributed by atoms with E-state index in [1.165, 1.54) is 6.08 Å². The second kappa shape index (κ2) is 4.96. The molecule has 0 amide bonds. The van der Waals surface area contributed by atoms with Crippen LogP contribution >= 0.6 is 0 Å². The molecule has 0 aromatic rings. The number of carbonyl (C=O) groups excluding carboxylic acids is 1. The minimum atomic E-state index is -0.495. The third kappa shape index (κ3) is 4.67. The fraction of sp³-hybridized carbons (Fsp3) is 0.400. The van der Waals surface area contributed by atoms with Crippen molar-refractivity contribution >= 4 is 5.97 Å². The van der Waals surface area contributed by atoms with E-state index in [0.717, 1.165) is 0 Å². The van der Waals surface area contributed by atoms with Gasteiger partial charge in [-0.15, -0.1) is 0 Å². The highest BCUT2D eigenvalue weighted by atomic mass is 16.5. The Morgan fingerprint density at radius 2 is 2.56 bits per heavy atom. The van der Waals surface area contributed by atoms with Crippen molar-refractivity contribution in [2.45, 2.75) is 0 Å². The van der Waals surface area contributed by atoms with Gasteiger partial charge in [-0.1, -0.05) is 12.7 Å². The molecule has 0 fully saturated rings. The highest BCUT2D eigenvalue weighted by Gasteiger charge is 1.96. The lowest BCUT2D eigenvalue weighted by atomic mass is 10.6. The third-order valence-electron chi connectivity index (χ3n) is 0.570. The molecule has 0 saturated heterocycles. The summed E-state index contributed by atoms with van der Waals surface area (Å²) in [5.41, 5.74) is 6.27. The molecule has 0 spiro atoms. The summed E-state index contributed by atoms with van der Waals surface area (Å²) in [5.74, 6) is -0.495. The molecule has 4 heteroatoms. The molecule has 0 aliphatic carbocycles. The molecular weight excluding hydrogens is 120 g/mol. The lowest BCUT2D eigenvalue weighted by Gasteiger charge is -1.94. The number of esters is 1. The Morgan fingerprint density at radius 3 is 3.00 bits per heavy atom. The summed E-state index contributed by atoms with van der Waals surface area (Å²) in [7, 11) is 0. The van der Waals surface area contributed by atoms with Gasteiger partial charge in [0.1, 0.15) is 6.61 Å². The van der Waals surface area contributed by atoms with Crippen LogP contribution in [0.15, 0.2) is 17.8 Å². The maximum Gasteiger partial charge on any atom is 0.329 e. The number of ether oxygens (including phenoxy) is 1. The van der Waals surface area contributed by atoms with Crippen molar-refractivity contribution in [1.29, 1.82) is 5.53 Å². The number of nitrogens with one attached hydrogen (secondary N) is 1. The number of rotatable bonds is 4. The number of hydrogen-bond acceptors (Lipinski definition) is 4. The smallest absolute Gasteiger partial charge is 0.329 e. The van der Waals surface area contributed by atoms with Gasteiger partial charge in [0, 0.05) is 0 Å². The standard InChI is InChI=1S/C5H8N2O2/c1-2-3-9-5(8)4-7-6/h2,6H,1,3-4H2. The Bertz CT molecular complexity index is 122. The molecule has 0 unspecified atom stereocenters. The average molecular weight is 128 g/mol. The summed E-state index contributed by atoms with van der Waals surface area (Å²) >= 11 is 0. The van der Waals surface area contributed by atoms with E-state index in [1.807, 2.05) is 0 Å². The molecule has 1 N–H and O–H groups in total. The van der Waals surface area contributed by atoms with Crippen molar-refractivity contribution in [3.63, 3.8) is 0 Å². The first-order valence-corrected chi connectivity index (χ1v) is 2.41. The van der Waals surface area contributed by atoms with Crippen LogP contribution in [0.3, 0.4) is 0 Å². The van der Waals surface area contributed by atoms with E-state index in [2.05, 4.69) is 16.4 Å². The monoisotopic (exact) mass is 128 g/mol. The number of carbonyl (C=O) groups is 1. The first-order valence-electron chi connectivity index (χ1n) is 2.41. The topological polar surface area (TPSA) is 62.5 Å². The summed E-state index contributed by atoms with van der Waals surface area (Å²) in [6.07, 6.45) is 1.46. The van der Waals surface area contributed by atoms with Crippen molar-refractivity contribution in [2.24, 2.45) is 5.11 Å². The fourth-order valence-electron chi connectivity index (χ4n) is 0.262. The van der Waals surface area contributed by atoms with E-state index >= 15 is 0 Å². The second-order valence-corrected chi connectivity index (χ2v) is 1.29. The molecule has 50 valence electrons. The van der Waals surface area contributed by atoms with Crippen LogP contribution in [-0.2, 0) is 9.53 Å². The minimum Gasteiger partial charge on any atom is -0.460 e. The van der Waals surface area contributed by atoms with Crippen LogP contribution < -0.4 is 0 Å². The highest BCUT2D eigenvalue weighted by Crippen LogP contribution is 1.78. The Morgan fingerprint density at radius 1 is 1.89 bits per heavy atom. The molecule has 0 bridgehead atoms. The molecule has 0 saturated carbocycles. The zero-order valence-electron chi connectivity index (χ0n) is 4.96. The van der Waals surface area contributed by atoms with Gasteiger partial charge in [-0.3, -0.25) is 0 Å². The molecule has 0 aromatic heterocycles. The van der Waals surface area contributed by atoms with E-state index in [0.29, 0.717) is 0 Å². The predicted molar refractivity (Wildman–Crippen MR) is 31.2 cm³/mol. The maximum atomic E-state index is 10.3. The van der Waals surface area contributed by atoms with E-state index in [9.17, 15) is 4.79 Å². The number of nitrogens with zero attached hydrogens (tertiary/aromatic N) is 1. The summed E-state index contributed by atoms with van der Waals surface area (Å²) in [6, 6.07) is 0. The quantitative estimate of drug-likeness (QED) is 0.345. The lowest BCUT2D eigenvalue weighted by Crippen LogP contribution is -2.06. The van der Waals surface area contributed by atoms with Gasteiger partial charge >= 0.3 is 5.97 Å². The molecule has 0 aliphatic heterocycles. The van der Waals surface area contributed by atoms with Crippen LogP contribution in [0.2, 0.25) is 0 Å². The van der Waals surface area contributed by atoms with Crippen molar-refractivity contribution in [1.82, 2.24) is 0 Å². The average Bonchev–Trinajstić information content (AvgIpc) is 1.85. The molecule has 4 nitrogen and oxygen atoms in total. The van der Waals surface area contributed by atoms with E-state index in [-0.39, 0.29) is 13.2 Å². The van der Waals surface area contributed by atoms with E-state index in [4.69, 9.17) is 5.53 Å². The van der Waals surface area contributed by atoms with Crippen LogP contribution in [-0.4, -0.2) is 19.1 Å². The Labute approximate surface area is 53.0 Å². The van der Waals surface area contributed by atoms with Crippen molar-refractivity contribution in [3.8, 4) is 0 Å². The van der Waals surface area contributed by atoms with Gasteiger partial charge in [0.15, 0.2) is 6.54 Å². The molecule has 0 heterocycles. The largest absolute Gasteiger partial charge is 0.460 e. The van der Waals surface area contributed by atoms with Crippen LogP contribution in [0.1, 0.15) is 0 Å². The summed E-state index contributed by atoms with van der Waals surface area (Å²) in [4.78, 5) is 10.3. The second-order valence-electron chi connectivity index (χ2n) is 1.29. The molecular formula is C5H8N2O2. The Kier molecular flexibility index (Phi) is 4.30. The van der Waals surface area contributed by atoms with Gasteiger partial charge in [0.2, 0.25) is 0 Å². The summed E-state index contributed by atoms with van der Waals surface area (Å²) < 4.78 is 4.46. The van der Waals surface area contributed by atoms with Crippen LogP contribution in [0.5, 0.6) is 0 Å². The van der Waals surface area contributed by atoms with E-state index < -0.39 is 5.97 Å². The molecule has 0 aromatic carbocycles. The molecule has 0 radical (unpaired) electrons. The van der Waals surface area contributed by atoms with Gasteiger partial charge in [0.25, 0.3) is 0 Å². The number of hydrogen-bond donors (Lipinski definition) is 1. The SMILES string of the molecule is C=CCOC(=O)CN=N. The molecule has 0 atom stereocenters. The van der Waals surface area contributed by atoms with Gasteiger partial charge in [-0.2, -0.15) is 5.11 Å². The third-order valence-corrected chi connectivity index (χ3v) is 0.570. The Balaban J connectivity index is 3.26. The molecule has 0 rings (SSSR count). The highest BCUT2D eigenvalue weighted by molar-refractivity contribution is 5.71. The summed E-state index contributed by atoms with van der Waals surface area (Å²) in [6.45, 7) is 3.33. The van der Waals surface area contributed by atoms with Gasteiger partial charge in [0.05, 0.1) is 0 Å². The van der Waals surface area contributed by atoms with E-state index in [1.54, 1.807) is 0 Å². The van der Waals surface area contributed by atoms with Crippen LogP contribution in [0, 0.1) is 5.53 Å². The van der Waals surface area contributed by atoms with Gasteiger partial charge in [-0.05, 0) is 0 Å². The maximum absolute atomic E-state index is 10.3. The fourth-order valence-corrected chi connectivity index (χ4v) is 0.262. The normalized spacial score (nSPS) is 8.00. The van der Waals surface area contributed by atoms with Crippen molar-refractivity contribution in [2.75, 3.05) is 13.2 Å². The predicted octanol–water partition coefficient (Wildman–Crippen LogP) is 0.747. The lowest BCUT2D eigenvalue weighted by molar-refractivity contribution is -0.140. The van der Waals surface area contributed by atoms with Crippen LogP contribution in [0.4, 0.5) is 0 Å². The van der Waals surface area contributed by atoms with Crippen LogP contribution in [0.25, 0.3) is 0 Å². The zero-order chi connectivity index (χ0) is 7.11. The van der Waals surface area contributed by atoms with Crippen molar-refractivity contribution < 1.29 is 9.53 Å². The summed E-state index contributed by atoms with van der Waals surface area (Å²) in [5, 5.41) is 2.83. The molecule has 9 heavy (non-hydrogen) atoms. The first-order chi connectivity index (χ1) is 4.31. The molecule has 0 aliphatic rings. The van der Waals surface area contributed by atoms with Gasteiger partial charge in [-0.25, -0.2) is 10.3 Å². The minimum absolute atomic E-state index is 0.189. The first kappa shape index (κ1) is 7.81. The van der Waals surface area contributed by atoms with Gasteiger partial charge < -0.3 is 4.74 Å². The van der Waals surface area contributed by atoms with Crippen molar-refractivity contribution in [3.05, 3.63) is 12.7 Å². The zero-order valence-corrected chi connectivity index (χ0v) is 4.96.